The van der Waals surface area contributed by atoms with Gasteiger partial charge in [0.05, 0.1) is 14.2 Å². The number of amides is 2. The number of nitrogens with zero attached hydrogens (tertiary/aromatic N) is 4. The largest absolute Gasteiger partial charge is 0.495 e. The number of hydrogen-bond acceptors (Lipinski definition) is 14. The van der Waals surface area contributed by atoms with Gasteiger partial charge in [0.1, 0.15) is 31.1 Å². The van der Waals surface area contributed by atoms with Gasteiger partial charge >= 0.3 is 0 Å². The van der Waals surface area contributed by atoms with E-state index >= 15 is 0 Å². The SMILES string of the molecule is C=C(c1ccc(NC(=O)c2ccc(OC)c(S(=O)(=O)N3CCN(C)CC3)c2)cc1S(=O)(=O)O)c1ccc(NC(=O)c2ccc(OC)c(S(=O)(=O)N3CCN(C)CC3)c2)cc1S(=O)(=O)O. The van der Waals surface area contributed by atoms with Crippen LogP contribution in [0.3, 0.4) is 0 Å². The average Bonchev–Trinajstić information content (AvgIpc) is 3.25. The van der Waals surface area contributed by atoms with Crippen LogP contribution in [0.2, 0.25) is 0 Å². The maximum absolute atomic E-state index is 13.6. The molecule has 6 rings (SSSR count). The molecule has 4 aromatic rings. The monoisotopic (exact) mass is 962 g/mol. The molecule has 0 spiro atoms. The first-order valence-corrected chi connectivity index (χ1v) is 25.0. The highest BCUT2D eigenvalue weighted by Gasteiger charge is 2.33. The normalized spacial score (nSPS) is 16.2. The average molecular weight is 963 g/mol. The molecule has 20 nitrogen and oxygen atoms in total. The van der Waals surface area contributed by atoms with Crippen molar-refractivity contribution in [1.29, 1.82) is 0 Å². The number of methoxy groups -OCH3 is 2. The predicted molar refractivity (Wildman–Crippen MR) is 235 cm³/mol. The fourth-order valence-electron chi connectivity index (χ4n) is 7.05. The van der Waals surface area contributed by atoms with E-state index in [4.69, 9.17) is 9.47 Å². The second-order valence-electron chi connectivity index (χ2n) is 14.9. The minimum absolute atomic E-state index is 0.00712. The molecule has 24 heteroatoms. The zero-order valence-electron chi connectivity index (χ0n) is 35.0. The second kappa shape index (κ2) is 18.7. The summed E-state index contributed by atoms with van der Waals surface area (Å²) in [5.74, 6) is -1.74. The Morgan fingerprint density at radius 1 is 0.531 bits per heavy atom. The molecule has 2 aliphatic heterocycles. The van der Waals surface area contributed by atoms with E-state index in [-0.39, 0.29) is 86.7 Å². The van der Waals surface area contributed by atoms with Crippen molar-refractivity contribution in [3.63, 3.8) is 0 Å². The fourth-order valence-corrected chi connectivity index (χ4v) is 11.7. The van der Waals surface area contributed by atoms with Gasteiger partial charge in [-0.1, -0.05) is 18.7 Å². The Bertz CT molecular complexity index is 2770. The lowest BCUT2D eigenvalue weighted by molar-refractivity contribution is 0.101. The minimum atomic E-state index is -5.14. The van der Waals surface area contributed by atoms with E-state index in [1.54, 1.807) is 0 Å². The van der Waals surface area contributed by atoms with Gasteiger partial charge in [0.15, 0.2) is 0 Å². The molecule has 0 saturated carbocycles. The second-order valence-corrected chi connectivity index (χ2v) is 21.5. The van der Waals surface area contributed by atoms with Gasteiger partial charge in [0.25, 0.3) is 32.1 Å². The van der Waals surface area contributed by atoms with Crippen LogP contribution in [-0.2, 0) is 40.3 Å². The highest BCUT2D eigenvalue weighted by Crippen LogP contribution is 2.36. The Labute approximate surface area is 371 Å². The summed E-state index contributed by atoms with van der Waals surface area (Å²) in [6.45, 7) is 6.61. The molecule has 2 heterocycles. The number of benzene rings is 4. The molecule has 0 atom stereocenters. The van der Waals surface area contributed by atoms with Gasteiger partial charge in [-0.25, -0.2) is 16.8 Å². The van der Waals surface area contributed by atoms with Gasteiger partial charge in [-0.3, -0.25) is 18.7 Å². The van der Waals surface area contributed by atoms with Crippen LogP contribution in [0.1, 0.15) is 31.8 Å². The molecule has 4 N–H and O–H groups in total. The molecular weight excluding hydrogens is 917 g/mol. The van der Waals surface area contributed by atoms with Crippen LogP contribution in [0.5, 0.6) is 11.5 Å². The van der Waals surface area contributed by atoms with Crippen LogP contribution in [0, 0.1) is 0 Å². The van der Waals surface area contributed by atoms with Crippen molar-refractivity contribution in [3.8, 4) is 11.5 Å². The van der Waals surface area contributed by atoms with Crippen molar-refractivity contribution in [1.82, 2.24) is 18.4 Å². The summed E-state index contributed by atoms with van der Waals surface area (Å²) in [7, 11) is -12.2. The molecule has 0 bridgehead atoms. The smallest absolute Gasteiger partial charge is 0.295 e. The molecule has 2 amide bonds. The van der Waals surface area contributed by atoms with Crippen molar-refractivity contribution < 1.29 is 61.8 Å². The molecule has 2 fully saturated rings. The first kappa shape index (κ1) is 48.2. The van der Waals surface area contributed by atoms with Crippen LogP contribution in [-0.4, -0.2) is 154 Å². The van der Waals surface area contributed by atoms with Gasteiger partial charge < -0.3 is 29.9 Å². The van der Waals surface area contributed by atoms with Gasteiger partial charge in [-0.05, 0) is 80.3 Å². The van der Waals surface area contributed by atoms with E-state index in [1.807, 2.05) is 23.9 Å². The number of hydrogen-bond donors (Lipinski definition) is 4. The third kappa shape index (κ3) is 10.3. The fraction of sp³-hybridized carbons (Fsp3) is 0.300. The number of carbonyl (C=O) groups excluding carboxylic acids is 2. The molecular formula is C40H46N6O14S4. The van der Waals surface area contributed by atoms with E-state index in [0.29, 0.717) is 26.2 Å². The summed E-state index contributed by atoms with van der Waals surface area (Å²) in [6, 6.07) is 13.8. The van der Waals surface area contributed by atoms with Crippen molar-refractivity contribution in [3.05, 3.63) is 102 Å². The summed E-state index contributed by atoms with van der Waals surface area (Å²) in [5.41, 5.74) is -1.66. The van der Waals surface area contributed by atoms with Gasteiger partial charge in [0.2, 0.25) is 20.0 Å². The maximum Gasteiger partial charge on any atom is 0.295 e. The van der Waals surface area contributed by atoms with Gasteiger partial charge in [-0.15, -0.1) is 0 Å². The standard InChI is InChI=1S/C40H46N6O14S4/c1-26(31-10-8-29(24-35(31)63(53,54)55)41-39(47)27-6-12-33(59-4)37(22-27)61(49,50)45-18-14-43(2)15-19-45)32-11-9-30(25-36(32)64(56,57)58)42-40(48)28-7-13-34(60-5)38(23-28)62(51,52)46-20-16-44(3)17-21-46/h6-13,22-25H,1,14-21H2,2-5H3,(H,41,47)(H,42,48)(H,53,54,55)(H,56,57,58). The molecule has 64 heavy (non-hydrogen) atoms. The lowest BCUT2D eigenvalue weighted by atomic mass is 9.98. The molecule has 0 aromatic heterocycles. The number of sulfonamides is 2. The van der Waals surface area contributed by atoms with Crippen LogP contribution in [0.25, 0.3) is 5.57 Å². The van der Waals surface area contributed by atoms with Crippen LogP contribution in [0.15, 0.2) is 99.0 Å². The van der Waals surface area contributed by atoms with E-state index in [1.165, 1.54) is 59.2 Å². The Hall–Kier alpha value is -5.28. The number of piperazine rings is 2. The quantitative estimate of drug-likeness (QED) is 0.132. The predicted octanol–water partition coefficient (Wildman–Crippen LogP) is 2.64. The Kier molecular flexibility index (Phi) is 14.1. The lowest BCUT2D eigenvalue weighted by Crippen LogP contribution is -2.47. The molecule has 344 valence electrons. The number of rotatable bonds is 14. The van der Waals surface area contributed by atoms with Crippen LogP contribution in [0.4, 0.5) is 11.4 Å². The first-order valence-electron chi connectivity index (χ1n) is 19.2. The highest BCUT2D eigenvalue weighted by molar-refractivity contribution is 7.89. The number of anilines is 2. The van der Waals surface area contributed by atoms with Gasteiger partial charge in [-0.2, -0.15) is 25.4 Å². The van der Waals surface area contributed by atoms with E-state index in [2.05, 4.69) is 17.2 Å². The van der Waals surface area contributed by atoms with E-state index in [9.17, 15) is 52.4 Å². The summed E-state index contributed by atoms with van der Waals surface area (Å²) in [4.78, 5) is 28.7. The zero-order valence-corrected chi connectivity index (χ0v) is 38.3. The molecule has 0 unspecified atom stereocenters. The van der Waals surface area contributed by atoms with E-state index < -0.39 is 61.9 Å². The Morgan fingerprint density at radius 2 is 0.875 bits per heavy atom. The van der Waals surface area contributed by atoms with Crippen molar-refractivity contribution in [2.24, 2.45) is 0 Å². The molecule has 4 aromatic carbocycles. The molecule has 0 aliphatic carbocycles. The summed E-state index contributed by atoms with van der Waals surface area (Å²) < 4.78 is 139. The minimum Gasteiger partial charge on any atom is -0.495 e. The topological polar surface area (TPSA) is 267 Å². The first-order chi connectivity index (χ1) is 29.9. The van der Waals surface area contributed by atoms with E-state index in [0.717, 1.165) is 36.4 Å². The number of likely N-dealkylation sites (N-methyl/N-ethyl adjacent to an activating group) is 2. The maximum atomic E-state index is 13.6. The zero-order chi connectivity index (χ0) is 46.9. The summed E-state index contributed by atoms with van der Waals surface area (Å²) >= 11 is 0. The number of nitrogens with one attached hydrogen (secondary N) is 2. The van der Waals surface area contributed by atoms with Crippen molar-refractivity contribution in [2.75, 3.05) is 91.3 Å². The third-order valence-electron chi connectivity index (χ3n) is 10.7. The van der Waals surface area contributed by atoms with Crippen molar-refractivity contribution >= 4 is 69.0 Å². The summed E-state index contributed by atoms with van der Waals surface area (Å²) in [5, 5.41) is 4.94. The molecule has 2 aliphatic rings. The van der Waals surface area contributed by atoms with Crippen LogP contribution < -0.4 is 20.1 Å². The van der Waals surface area contributed by atoms with Crippen molar-refractivity contribution in [2.45, 2.75) is 19.6 Å². The Balaban J connectivity index is 1.27. The highest BCUT2D eigenvalue weighted by atomic mass is 32.2. The van der Waals surface area contributed by atoms with Crippen LogP contribution >= 0.6 is 0 Å². The lowest BCUT2D eigenvalue weighted by Gasteiger charge is -2.31. The summed E-state index contributed by atoms with van der Waals surface area (Å²) in [6.07, 6.45) is 0. The molecule has 2 saturated heterocycles. The number of carbonyl (C=O) groups is 2. The molecule has 0 radical (unpaired) electrons. The van der Waals surface area contributed by atoms with Gasteiger partial charge in [0, 0.05) is 86.0 Å². The third-order valence-corrected chi connectivity index (χ3v) is 16.3. The number of ether oxygens (including phenoxy) is 2. The Morgan fingerprint density at radius 3 is 1.19 bits per heavy atom.